The minimum absolute atomic E-state index is 0.112. The van der Waals surface area contributed by atoms with E-state index < -0.39 is 0 Å². The van der Waals surface area contributed by atoms with Gasteiger partial charge in [-0.3, -0.25) is 14.2 Å². The molecule has 0 saturated carbocycles. The molecule has 1 N–H and O–H groups in total. The fraction of sp³-hybridized carbons (Fsp3) is 0.318. The molecule has 0 atom stereocenters. The molecule has 0 spiro atoms. The summed E-state index contributed by atoms with van der Waals surface area (Å²) in [5.74, 6) is -0.360. The lowest BCUT2D eigenvalue weighted by molar-refractivity contribution is 0.0952. The Kier molecular flexibility index (Phi) is 5.87. The molecule has 5 heteroatoms. The lowest BCUT2D eigenvalue weighted by atomic mass is 9.97. The Morgan fingerprint density at radius 2 is 2.11 bits per heavy atom. The predicted molar refractivity (Wildman–Crippen MR) is 105 cm³/mol. The number of nitriles is 1. The SMILES string of the molecule is Cc1ccc(C(=O)NCCC2=CCCCC2)c(=O)n1-c1cccc(C#N)c1. The van der Waals surface area contributed by atoms with Crippen LogP contribution in [0.1, 0.15) is 53.7 Å². The highest BCUT2D eigenvalue weighted by molar-refractivity contribution is 5.93. The van der Waals surface area contributed by atoms with Crippen molar-refractivity contribution in [2.75, 3.05) is 6.54 Å². The fourth-order valence-corrected chi connectivity index (χ4v) is 3.40. The maximum atomic E-state index is 12.9. The standard InChI is InChI=1S/C22H23N3O2/c1-16-10-11-20(21(26)24-13-12-17-6-3-2-4-7-17)22(27)25(16)19-9-5-8-18(14-19)15-23/h5-6,8-11,14H,2-4,7,12-13H2,1H3,(H,24,26). The van der Waals surface area contributed by atoms with Crippen molar-refractivity contribution in [1.29, 1.82) is 5.26 Å². The second kappa shape index (κ2) is 8.50. The molecule has 3 rings (SSSR count). The number of nitrogens with one attached hydrogen (secondary N) is 1. The van der Waals surface area contributed by atoms with Crippen molar-refractivity contribution < 1.29 is 4.79 Å². The highest BCUT2D eigenvalue weighted by Gasteiger charge is 2.15. The zero-order valence-corrected chi connectivity index (χ0v) is 15.5. The number of pyridine rings is 1. The molecule has 0 bridgehead atoms. The predicted octanol–water partition coefficient (Wildman–Crippen LogP) is 3.64. The van der Waals surface area contributed by atoms with Gasteiger partial charge in [-0.25, -0.2) is 0 Å². The first-order chi connectivity index (χ1) is 13.1. The van der Waals surface area contributed by atoms with E-state index in [2.05, 4.69) is 17.5 Å². The van der Waals surface area contributed by atoms with Gasteiger partial charge >= 0.3 is 0 Å². The minimum atomic E-state index is -0.375. The van der Waals surface area contributed by atoms with E-state index in [0.29, 0.717) is 23.5 Å². The highest BCUT2D eigenvalue weighted by atomic mass is 16.2. The van der Waals surface area contributed by atoms with Gasteiger partial charge in [0.05, 0.1) is 17.3 Å². The van der Waals surface area contributed by atoms with Crippen LogP contribution >= 0.6 is 0 Å². The van der Waals surface area contributed by atoms with Crippen LogP contribution in [0.4, 0.5) is 0 Å². The molecular formula is C22H23N3O2. The fourth-order valence-electron chi connectivity index (χ4n) is 3.40. The number of hydrogen-bond acceptors (Lipinski definition) is 3. The maximum Gasteiger partial charge on any atom is 0.268 e. The Morgan fingerprint density at radius 3 is 2.85 bits per heavy atom. The second-order valence-electron chi connectivity index (χ2n) is 6.81. The number of benzene rings is 1. The number of aromatic nitrogens is 1. The van der Waals surface area contributed by atoms with Crippen LogP contribution in [0.15, 0.2) is 52.8 Å². The van der Waals surface area contributed by atoms with Crippen molar-refractivity contribution in [1.82, 2.24) is 9.88 Å². The second-order valence-corrected chi connectivity index (χ2v) is 6.81. The number of carbonyl (C=O) groups is 1. The van der Waals surface area contributed by atoms with E-state index >= 15 is 0 Å². The molecule has 0 unspecified atom stereocenters. The summed E-state index contributed by atoms with van der Waals surface area (Å²) in [6.07, 6.45) is 7.76. The Bertz CT molecular complexity index is 980. The van der Waals surface area contributed by atoms with Crippen LogP contribution < -0.4 is 10.9 Å². The topological polar surface area (TPSA) is 74.9 Å². The number of nitrogens with zero attached hydrogens (tertiary/aromatic N) is 2. The van der Waals surface area contributed by atoms with Crippen molar-refractivity contribution in [2.45, 2.75) is 39.0 Å². The van der Waals surface area contributed by atoms with Gasteiger partial charge in [0, 0.05) is 12.2 Å². The highest BCUT2D eigenvalue weighted by Crippen LogP contribution is 2.19. The molecular weight excluding hydrogens is 338 g/mol. The molecule has 1 aromatic heterocycles. The van der Waals surface area contributed by atoms with E-state index in [9.17, 15) is 9.59 Å². The average molecular weight is 361 g/mol. The Morgan fingerprint density at radius 1 is 1.26 bits per heavy atom. The van der Waals surface area contributed by atoms with Crippen LogP contribution in [0.5, 0.6) is 0 Å². The number of aryl methyl sites for hydroxylation is 1. The lowest BCUT2D eigenvalue weighted by Crippen LogP contribution is -2.33. The Hall–Kier alpha value is -3.13. The van der Waals surface area contributed by atoms with E-state index in [1.54, 1.807) is 43.3 Å². The van der Waals surface area contributed by atoms with Gasteiger partial charge in [0.15, 0.2) is 0 Å². The molecule has 1 aromatic carbocycles. The first kappa shape index (κ1) is 18.7. The van der Waals surface area contributed by atoms with Crippen molar-refractivity contribution in [2.24, 2.45) is 0 Å². The van der Waals surface area contributed by atoms with Gasteiger partial charge in [-0.2, -0.15) is 5.26 Å². The smallest absolute Gasteiger partial charge is 0.268 e. The first-order valence-electron chi connectivity index (χ1n) is 9.29. The summed E-state index contributed by atoms with van der Waals surface area (Å²) in [6, 6.07) is 12.2. The molecule has 0 fully saturated rings. The average Bonchev–Trinajstić information content (AvgIpc) is 2.69. The third-order valence-electron chi connectivity index (χ3n) is 4.87. The molecule has 1 aliphatic rings. The summed E-state index contributed by atoms with van der Waals surface area (Å²) < 4.78 is 1.47. The van der Waals surface area contributed by atoms with Gasteiger partial charge in [0.1, 0.15) is 5.56 Å². The summed E-state index contributed by atoms with van der Waals surface area (Å²) in [7, 11) is 0. The van der Waals surface area contributed by atoms with Gasteiger partial charge < -0.3 is 5.32 Å². The van der Waals surface area contributed by atoms with Crippen molar-refractivity contribution in [3.8, 4) is 11.8 Å². The van der Waals surface area contributed by atoms with Crippen LogP contribution in [0.25, 0.3) is 5.69 Å². The summed E-state index contributed by atoms with van der Waals surface area (Å²) in [5.41, 5.74) is 2.88. The molecule has 0 aliphatic heterocycles. The number of carbonyl (C=O) groups excluding carboxylic acids is 1. The van der Waals surface area contributed by atoms with E-state index in [0.717, 1.165) is 19.3 Å². The van der Waals surface area contributed by atoms with Crippen molar-refractivity contribution in [3.63, 3.8) is 0 Å². The van der Waals surface area contributed by atoms with Gasteiger partial charge in [0.2, 0.25) is 0 Å². The van der Waals surface area contributed by atoms with Crippen LogP contribution in [-0.4, -0.2) is 17.0 Å². The van der Waals surface area contributed by atoms with Crippen LogP contribution in [0.3, 0.4) is 0 Å². The van der Waals surface area contributed by atoms with Crippen molar-refractivity contribution in [3.05, 3.63) is 75.2 Å². The molecule has 0 radical (unpaired) electrons. The summed E-state index contributed by atoms with van der Waals surface area (Å²) in [4.78, 5) is 25.4. The molecule has 27 heavy (non-hydrogen) atoms. The van der Waals surface area contributed by atoms with Gasteiger partial charge in [0.25, 0.3) is 11.5 Å². The molecule has 0 saturated heterocycles. The lowest BCUT2D eigenvalue weighted by Gasteiger charge is -2.14. The summed E-state index contributed by atoms with van der Waals surface area (Å²) >= 11 is 0. The molecule has 1 amide bonds. The first-order valence-corrected chi connectivity index (χ1v) is 9.29. The van der Waals surface area contributed by atoms with Gasteiger partial charge in [-0.05, 0) is 69.4 Å². The number of allylic oxidation sites excluding steroid dienone is 1. The monoisotopic (exact) mass is 361 g/mol. The maximum absolute atomic E-state index is 12.9. The Balaban J connectivity index is 1.80. The summed E-state index contributed by atoms with van der Waals surface area (Å²) in [6.45, 7) is 2.33. The van der Waals surface area contributed by atoms with Gasteiger partial charge in [-0.15, -0.1) is 0 Å². The number of hydrogen-bond donors (Lipinski definition) is 1. The molecule has 5 nitrogen and oxygen atoms in total. The van der Waals surface area contributed by atoms with E-state index in [1.807, 2.05) is 0 Å². The molecule has 1 heterocycles. The zero-order valence-electron chi connectivity index (χ0n) is 15.5. The van der Waals surface area contributed by atoms with E-state index in [4.69, 9.17) is 5.26 Å². The molecule has 138 valence electrons. The third kappa shape index (κ3) is 4.35. The molecule has 2 aromatic rings. The number of rotatable bonds is 5. The quantitative estimate of drug-likeness (QED) is 0.826. The third-order valence-corrected chi connectivity index (χ3v) is 4.87. The summed E-state index contributed by atoms with van der Waals surface area (Å²) in [5, 5.41) is 12.0. The molecule has 1 aliphatic carbocycles. The van der Waals surface area contributed by atoms with Crippen molar-refractivity contribution >= 4 is 5.91 Å². The number of amides is 1. The van der Waals surface area contributed by atoms with E-state index in [1.165, 1.54) is 23.0 Å². The van der Waals surface area contributed by atoms with Crippen LogP contribution in [-0.2, 0) is 0 Å². The van der Waals surface area contributed by atoms with Crippen LogP contribution in [0.2, 0.25) is 0 Å². The largest absolute Gasteiger partial charge is 0.352 e. The van der Waals surface area contributed by atoms with Crippen LogP contribution in [0, 0.1) is 18.3 Å². The zero-order chi connectivity index (χ0) is 19.2. The van der Waals surface area contributed by atoms with Gasteiger partial charge in [-0.1, -0.05) is 17.7 Å². The Labute approximate surface area is 159 Å². The normalized spacial score (nSPS) is 13.6. The van der Waals surface area contributed by atoms with E-state index in [-0.39, 0.29) is 17.0 Å². The minimum Gasteiger partial charge on any atom is -0.352 e.